The van der Waals surface area contributed by atoms with Crippen LogP contribution in [0.15, 0.2) is 12.4 Å². The van der Waals surface area contributed by atoms with E-state index < -0.39 is 0 Å². The van der Waals surface area contributed by atoms with E-state index in [4.69, 9.17) is 0 Å². The highest BCUT2D eigenvalue weighted by Gasteiger charge is 2.12. The fourth-order valence-corrected chi connectivity index (χ4v) is 1.75. The quantitative estimate of drug-likeness (QED) is 0.737. The number of aromatic amines is 1. The average Bonchev–Trinajstić information content (AvgIpc) is 2.89. The fourth-order valence-electron chi connectivity index (χ4n) is 1.04. The number of rotatable bonds is 4. The number of carbonyl (C=O) groups excluding carboxylic acids is 1. The molecule has 0 bridgehead atoms. The third-order valence-electron chi connectivity index (χ3n) is 1.70. The van der Waals surface area contributed by atoms with Gasteiger partial charge in [-0.3, -0.25) is 9.89 Å². The van der Waals surface area contributed by atoms with Crippen LogP contribution < -0.4 is 10.6 Å². The first-order chi connectivity index (χ1) is 7.79. The molecule has 7 nitrogen and oxygen atoms in total. The summed E-state index contributed by atoms with van der Waals surface area (Å²) in [6.07, 6.45) is 3.11. The zero-order chi connectivity index (χ0) is 11.4. The standard InChI is InChI=1S/C8H10N6OS/c1-2-9-8-14-13-7(16-8)6(15)12-5-3-10-11-4-5/h3-4H,2H2,1H3,(H,9,14)(H,10,11)(H,12,15). The lowest BCUT2D eigenvalue weighted by molar-refractivity contribution is 0.102. The van der Waals surface area contributed by atoms with Gasteiger partial charge in [0.1, 0.15) is 0 Å². The van der Waals surface area contributed by atoms with Crippen LogP contribution in [0.5, 0.6) is 0 Å². The van der Waals surface area contributed by atoms with Gasteiger partial charge in [-0.2, -0.15) is 5.10 Å². The summed E-state index contributed by atoms with van der Waals surface area (Å²) < 4.78 is 0. The summed E-state index contributed by atoms with van der Waals surface area (Å²) >= 11 is 1.21. The molecule has 0 atom stereocenters. The Hall–Kier alpha value is -1.96. The minimum Gasteiger partial charge on any atom is -0.360 e. The molecule has 0 spiro atoms. The number of carbonyl (C=O) groups is 1. The normalized spacial score (nSPS) is 10.1. The topological polar surface area (TPSA) is 95.6 Å². The van der Waals surface area contributed by atoms with E-state index in [1.54, 1.807) is 6.20 Å². The number of nitrogens with zero attached hydrogens (tertiary/aromatic N) is 3. The van der Waals surface area contributed by atoms with Gasteiger partial charge in [-0.05, 0) is 6.92 Å². The summed E-state index contributed by atoms with van der Waals surface area (Å²) in [7, 11) is 0. The molecule has 2 aromatic rings. The second-order valence-corrected chi connectivity index (χ2v) is 3.86. The van der Waals surface area contributed by atoms with E-state index in [1.165, 1.54) is 17.5 Å². The van der Waals surface area contributed by atoms with Crippen molar-refractivity contribution in [1.29, 1.82) is 0 Å². The number of hydrogen-bond acceptors (Lipinski definition) is 6. The van der Waals surface area contributed by atoms with E-state index in [9.17, 15) is 4.79 Å². The number of anilines is 2. The number of aromatic nitrogens is 4. The van der Waals surface area contributed by atoms with Gasteiger partial charge >= 0.3 is 0 Å². The molecule has 3 N–H and O–H groups in total. The second-order valence-electron chi connectivity index (χ2n) is 2.88. The van der Waals surface area contributed by atoms with E-state index in [2.05, 4.69) is 31.0 Å². The van der Waals surface area contributed by atoms with Gasteiger partial charge in [-0.15, -0.1) is 10.2 Å². The Morgan fingerprint density at radius 1 is 1.56 bits per heavy atom. The first kappa shape index (κ1) is 10.6. The van der Waals surface area contributed by atoms with Crippen molar-refractivity contribution in [3.05, 3.63) is 17.4 Å². The zero-order valence-electron chi connectivity index (χ0n) is 8.52. The van der Waals surface area contributed by atoms with Crippen molar-refractivity contribution in [2.45, 2.75) is 6.92 Å². The van der Waals surface area contributed by atoms with Gasteiger partial charge in [0.05, 0.1) is 11.9 Å². The third-order valence-corrected chi connectivity index (χ3v) is 2.58. The van der Waals surface area contributed by atoms with Crippen molar-refractivity contribution in [3.63, 3.8) is 0 Å². The predicted molar refractivity (Wildman–Crippen MR) is 60.6 cm³/mol. The highest BCUT2D eigenvalue weighted by atomic mass is 32.1. The lowest BCUT2D eigenvalue weighted by atomic mass is 10.5. The summed E-state index contributed by atoms with van der Waals surface area (Å²) in [6, 6.07) is 0. The first-order valence-corrected chi connectivity index (χ1v) is 5.48. The maximum absolute atomic E-state index is 11.7. The largest absolute Gasteiger partial charge is 0.360 e. The first-order valence-electron chi connectivity index (χ1n) is 4.67. The molecular weight excluding hydrogens is 228 g/mol. The molecule has 0 aliphatic heterocycles. The lowest BCUT2D eigenvalue weighted by Gasteiger charge is -1.96. The Balaban J connectivity index is 2.03. The minimum absolute atomic E-state index is 0.289. The van der Waals surface area contributed by atoms with Gasteiger partial charge in [0.2, 0.25) is 10.1 Å². The molecule has 1 amide bonds. The van der Waals surface area contributed by atoms with E-state index in [-0.39, 0.29) is 5.91 Å². The monoisotopic (exact) mass is 238 g/mol. The van der Waals surface area contributed by atoms with Crippen LogP contribution in [0.2, 0.25) is 0 Å². The maximum Gasteiger partial charge on any atom is 0.286 e. The molecule has 2 rings (SSSR count). The van der Waals surface area contributed by atoms with Crippen LogP contribution in [0, 0.1) is 0 Å². The highest BCUT2D eigenvalue weighted by molar-refractivity contribution is 7.17. The maximum atomic E-state index is 11.7. The summed E-state index contributed by atoms with van der Waals surface area (Å²) in [4.78, 5) is 11.7. The second kappa shape index (κ2) is 4.71. The SMILES string of the molecule is CCNc1nnc(C(=O)Nc2cn[nH]c2)s1. The van der Waals surface area contributed by atoms with Gasteiger partial charge in [-0.25, -0.2) is 0 Å². The van der Waals surface area contributed by atoms with Gasteiger partial charge in [0.15, 0.2) is 0 Å². The number of nitrogens with one attached hydrogen (secondary N) is 3. The van der Waals surface area contributed by atoms with Gasteiger partial charge in [0.25, 0.3) is 5.91 Å². The Bertz CT molecular complexity index is 465. The summed E-state index contributed by atoms with van der Waals surface area (Å²) in [6.45, 7) is 2.70. The molecule has 16 heavy (non-hydrogen) atoms. The van der Waals surface area contributed by atoms with Crippen LogP contribution in [0.4, 0.5) is 10.8 Å². The molecule has 2 aromatic heterocycles. The Morgan fingerprint density at radius 2 is 2.44 bits per heavy atom. The van der Waals surface area contributed by atoms with Crippen LogP contribution in [0.1, 0.15) is 16.7 Å². The Morgan fingerprint density at radius 3 is 3.12 bits per heavy atom. The fraction of sp³-hybridized carbons (Fsp3) is 0.250. The Kier molecular flexibility index (Phi) is 3.10. The molecule has 0 aromatic carbocycles. The molecule has 0 aliphatic rings. The van der Waals surface area contributed by atoms with E-state index >= 15 is 0 Å². The van der Waals surface area contributed by atoms with Crippen LogP contribution in [-0.2, 0) is 0 Å². The van der Waals surface area contributed by atoms with Crippen LogP contribution in [0.3, 0.4) is 0 Å². The molecule has 2 heterocycles. The number of amides is 1. The van der Waals surface area contributed by atoms with Crippen molar-refractivity contribution in [2.24, 2.45) is 0 Å². The Labute approximate surface area is 95.3 Å². The summed E-state index contributed by atoms with van der Waals surface area (Å²) in [5.74, 6) is -0.289. The van der Waals surface area contributed by atoms with Gasteiger partial charge in [-0.1, -0.05) is 11.3 Å². The minimum atomic E-state index is -0.289. The number of hydrogen-bond donors (Lipinski definition) is 3. The van der Waals surface area contributed by atoms with Crippen LogP contribution in [0.25, 0.3) is 0 Å². The molecule has 0 aliphatic carbocycles. The summed E-state index contributed by atoms with van der Waals surface area (Å²) in [5.41, 5.74) is 0.602. The van der Waals surface area contributed by atoms with Crippen LogP contribution in [-0.4, -0.2) is 32.8 Å². The highest BCUT2D eigenvalue weighted by Crippen LogP contribution is 2.16. The third kappa shape index (κ3) is 2.34. The molecular formula is C8H10N6OS. The van der Waals surface area contributed by atoms with Crippen LogP contribution >= 0.6 is 11.3 Å². The molecule has 84 valence electrons. The molecule has 0 saturated carbocycles. The van der Waals surface area contributed by atoms with Gasteiger partial charge < -0.3 is 10.6 Å². The van der Waals surface area contributed by atoms with Gasteiger partial charge in [0, 0.05) is 12.7 Å². The lowest BCUT2D eigenvalue weighted by Crippen LogP contribution is -2.10. The number of H-pyrrole nitrogens is 1. The smallest absolute Gasteiger partial charge is 0.286 e. The van der Waals surface area contributed by atoms with Crippen molar-refractivity contribution in [2.75, 3.05) is 17.2 Å². The van der Waals surface area contributed by atoms with E-state index in [0.717, 1.165) is 6.54 Å². The van der Waals surface area contributed by atoms with Crippen molar-refractivity contribution in [3.8, 4) is 0 Å². The zero-order valence-corrected chi connectivity index (χ0v) is 9.34. The molecule has 0 radical (unpaired) electrons. The van der Waals surface area contributed by atoms with E-state index in [0.29, 0.717) is 15.8 Å². The average molecular weight is 238 g/mol. The summed E-state index contributed by atoms with van der Waals surface area (Å²) in [5, 5.41) is 20.5. The molecule has 0 fully saturated rings. The van der Waals surface area contributed by atoms with E-state index in [1.807, 2.05) is 6.92 Å². The van der Waals surface area contributed by atoms with Crippen molar-refractivity contribution in [1.82, 2.24) is 20.4 Å². The predicted octanol–water partition coefficient (Wildman–Crippen LogP) is 0.945. The molecule has 8 heteroatoms. The molecule has 0 unspecified atom stereocenters. The molecule has 0 saturated heterocycles. The van der Waals surface area contributed by atoms with Crippen molar-refractivity contribution >= 4 is 28.1 Å². The van der Waals surface area contributed by atoms with Crippen molar-refractivity contribution < 1.29 is 4.79 Å².